The number of halogens is 2. The molecule has 0 bridgehead atoms. The standard InChI is InChI=1S/C55H54Cl2N8O3S/c1-33-34(2)69-54-50(33)52(59-48(31-49-58-21-28-68-49)53-61-60-35(3)65(53)54)38-9-15-42(16-10-38)63-22-19-36(20-23-63)32-62-24-26-64(27-25-62)43-13-7-37(8-14-43)51-44-17-11-40(55(66)67)29-39(44)5-4-6-46(51)45-18-12-41(56)30-47(45)57/h7-18,21,28-30,36,48H,4-6,19-20,22-27,31-32H2,1-3H3,(H,66,67)/t48-/m0/s1. The first-order valence-corrected chi connectivity index (χ1v) is 25.6. The van der Waals surface area contributed by atoms with Crippen LogP contribution in [-0.2, 0) is 12.8 Å². The van der Waals surface area contributed by atoms with Crippen LogP contribution in [0.25, 0.3) is 16.1 Å². The molecule has 7 aromatic rings. The Hall–Kier alpha value is -6.05. The summed E-state index contributed by atoms with van der Waals surface area (Å²) < 4.78 is 7.86. The zero-order valence-corrected chi connectivity index (χ0v) is 41.4. The average molecular weight is 978 g/mol. The topological polar surface area (TPSA) is 116 Å². The molecule has 11 nitrogen and oxygen atoms in total. The first-order valence-electron chi connectivity index (χ1n) is 24.0. The summed E-state index contributed by atoms with van der Waals surface area (Å²) in [6, 6.07) is 28.9. The molecule has 69 heavy (non-hydrogen) atoms. The number of hydrogen-bond acceptors (Lipinski definition) is 10. The summed E-state index contributed by atoms with van der Waals surface area (Å²) in [5.74, 6) is 2.05. The van der Waals surface area contributed by atoms with E-state index in [0.717, 1.165) is 132 Å². The molecule has 4 aromatic carbocycles. The van der Waals surface area contributed by atoms with Crippen LogP contribution in [0.3, 0.4) is 0 Å². The molecule has 2 fully saturated rings. The van der Waals surface area contributed by atoms with E-state index in [2.05, 4.69) is 96.8 Å². The minimum absolute atomic E-state index is 0.295. The lowest BCUT2D eigenvalue weighted by Crippen LogP contribution is -2.49. The van der Waals surface area contributed by atoms with Crippen molar-refractivity contribution in [1.29, 1.82) is 0 Å². The number of carboxylic acid groups (broad SMARTS) is 1. The number of oxazole rings is 1. The van der Waals surface area contributed by atoms with Crippen molar-refractivity contribution in [2.24, 2.45) is 10.9 Å². The van der Waals surface area contributed by atoms with E-state index in [0.29, 0.717) is 33.8 Å². The van der Waals surface area contributed by atoms with E-state index in [9.17, 15) is 9.90 Å². The third kappa shape index (κ3) is 8.92. The highest BCUT2D eigenvalue weighted by molar-refractivity contribution is 7.15. The van der Waals surface area contributed by atoms with E-state index in [-0.39, 0.29) is 6.04 Å². The Labute approximate surface area is 416 Å². The number of allylic oxidation sites excluding steroid dienone is 1. The van der Waals surface area contributed by atoms with Crippen molar-refractivity contribution in [1.82, 2.24) is 24.6 Å². The van der Waals surface area contributed by atoms with Gasteiger partial charge in [-0.2, -0.15) is 0 Å². The second kappa shape index (κ2) is 19.0. The maximum Gasteiger partial charge on any atom is 0.335 e. The molecule has 3 aromatic heterocycles. The number of anilines is 2. The molecule has 6 heterocycles. The van der Waals surface area contributed by atoms with E-state index < -0.39 is 5.97 Å². The second-order valence-electron chi connectivity index (χ2n) is 18.8. The largest absolute Gasteiger partial charge is 0.478 e. The molecule has 352 valence electrons. The van der Waals surface area contributed by atoms with Crippen molar-refractivity contribution >= 4 is 68.7 Å². The fourth-order valence-electron chi connectivity index (χ4n) is 10.9. The number of aromatic carboxylic acids is 1. The molecule has 4 aliphatic rings. The highest BCUT2D eigenvalue weighted by Gasteiger charge is 2.33. The summed E-state index contributed by atoms with van der Waals surface area (Å²) in [6.45, 7) is 13.7. The van der Waals surface area contributed by atoms with Crippen molar-refractivity contribution in [3.05, 3.63) is 174 Å². The number of fused-ring (bicyclic) bond motifs is 4. The number of hydrogen-bond donors (Lipinski definition) is 1. The van der Waals surface area contributed by atoms with Gasteiger partial charge in [-0.1, -0.05) is 59.6 Å². The van der Waals surface area contributed by atoms with Gasteiger partial charge in [-0.25, -0.2) is 9.78 Å². The molecule has 0 unspecified atom stereocenters. The number of aryl methyl sites for hydroxylation is 3. The van der Waals surface area contributed by atoms with Gasteiger partial charge in [-0.15, -0.1) is 21.5 Å². The number of carbonyl (C=O) groups is 1. The van der Waals surface area contributed by atoms with Gasteiger partial charge < -0.3 is 19.3 Å². The number of thiophene rings is 1. The maximum absolute atomic E-state index is 11.9. The molecule has 14 heteroatoms. The molecule has 0 amide bonds. The van der Waals surface area contributed by atoms with Crippen molar-refractivity contribution in [3.63, 3.8) is 0 Å². The summed E-state index contributed by atoms with van der Waals surface area (Å²) >= 11 is 15.0. The molecule has 0 radical (unpaired) electrons. The van der Waals surface area contributed by atoms with Gasteiger partial charge in [0.1, 0.15) is 23.1 Å². The Morgan fingerprint density at radius 1 is 0.812 bits per heavy atom. The van der Waals surface area contributed by atoms with Gasteiger partial charge in [0.25, 0.3) is 0 Å². The summed E-state index contributed by atoms with van der Waals surface area (Å²) in [6.07, 6.45) is 8.63. The van der Waals surface area contributed by atoms with Crippen molar-refractivity contribution in [3.8, 4) is 5.00 Å². The smallest absolute Gasteiger partial charge is 0.335 e. The fraction of sp³-hybridized carbons (Fsp3) is 0.327. The fourth-order valence-corrected chi connectivity index (χ4v) is 12.6. The van der Waals surface area contributed by atoms with Gasteiger partial charge in [0.05, 0.1) is 23.9 Å². The number of aromatic nitrogens is 4. The molecule has 0 spiro atoms. The highest BCUT2D eigenvalue weighted by Crippen LogP contribution is 2.44. The molecule has 3 aliphatic heterocycles. The lowest BCUT2D eigenvalue weighted by Gasteiger charge is -2.40. The quantitative estimate of drug-likeness (QED) is 0.143. The van der Waals surface area contributed by atoms with Gasteiger partial charge in [-0.05, 0) is 146 Å². The summed E-state index contributed by atoms with van der Waals surface area (Å²) in [7, 11) is 0. The average Bonchev–Trinajstić information content (AvgIpc) is 4.03. The van der Waals surface area contributed by atoms with Gasteiger partial charge in [-0.3, -0.25) is 14.5 Å². The lowest BCUT2D eigenvalue weighted by atomic mass is 9.87. The first-order chi connectivity index (χ1) is 33.6. The van der Waals surface area contributed by atoms with Crippen molar-refractivity contribution in [2.75, 3.05) is 55.6 Å². The third-order valence-corrected chi connectivity index (χ3v) is 16.4. The van der Waals surface area contributed by atoms with E-state index in [4.69, 9.17) is 32.6 Å². The monoisotopic (exact) mass is 976 g/mol. The van der Waals surface area contributed by atoms with Crippen LogP contribution in [0, 0.1) is 26.7 Å². The molecule has 1 aliphatic carbocycles. The van der Waals surface area contributed by atoms with Crippen molar-refractivity contribution in [2.45, 2.75) is 65.3 Å². The van der Waals surface area contributed by atoms with E-state index in [1.165, 1.54) is 34.7 Å². The SMILES string of the molecule is Cc1sc2c(c1C)C(c1ccc(N3CCC(CN4CCN(c5ccc(C6=C(c7ccc(Cl)cc7Cl)CCCc7cc(C(=O)O)ccc76)cc5)CC4)CC3)cc1)=N[C@@H](Cc1ncco1)c1nnc(C)n1-2. The Kier molecular flexibility index (Phi) is 12.5. The van der Waals surface area contributed by atoms with Crippen LogP contribution in [0.1, 0.15) is 103 Å². The van der Waals surface area contributed by atoms with E-state index in [1.54, 1.807) is 35.9 Å². The Morgan fingerprint density at radius 2 is 1.52 bits per heavy atom. The van der Waals surface area contributed by atoms with E-state index >= 15 is 0 Å². The van der Waals surface area contributed by atoms with Crippen LogP contribution in [0.5, 0.6) is 0 Å². The van der Waals surface area contributed by atoms with Crippen LogP contribution in [0.4, 0.5) is 11.4 Å². The maximum atomic E-state index is 11.9. The number of rotatable bonds is 10. The number of nitrogens with zero attached hydrogens (tertiary/aromatic N) is 8. The minimum Gasteiger partial charge on any atom is -0.478 e. The van der Waals surface area contributed by atoms with Crippen LogP contribution in [-0.4, -0.2) is 87.2 Å². The summed E-state index contributed by atoms with van der Waals surface area (Å²) in [4.78, 5) is 30.8. The predicted molar refractivity (Wildman–Crippen MR) is 277 cm³/mol. The number of aliphatic imine (C=N–C) groups is 1. The number of benzene rings is 4. The Bertz CT molecular complexity index is 3110. The van der Waals surface area contributed by atoms with Gasteiger partial charge in [0, 0.05) is 83.2 Å². The zero-order valence-electron chi connectivity index (χ0n) is 39.1. The molecular formula is C55H54Cl2N8O3S. The first kappa shape index (κ1) is 45.4. The molecule has 1 N–H and O–H groups in total. The molecule has 1 atom stereocenters. The van der Waals surface area contributed by atoms with Gasteiger partial charge >= 0.3 is 5.97 Å². The van der Waals surface area contributed by atoms with Crippen LogP contribution in [0.15, 0.2) is 107 Å². The van der Waals surface area contributed by atoms with Crippen LogP contribution in [0.2, 0.25) is 10.0 Å². The molecular weight excluding hydrogens is 924 g/mol. The minimum atomic E-state index is -0.912. The Morgan fingerprint density at radius 3 is 2.22 bits per heavy atom. The van der Waals surface area contributed by atoms with Crippen LogP contribution >= 0.6 is 34.5 Å². The second-order valence-corrected chi connectivity index (χ2v) is 20.9. The molecule has 0 saturated carbocycles. The van der Waals surface area contributed by atoms with Crippen LogP contribution < -0.4 is 9.80 Å². The van der Waals surface area contributed by atoms with Gasteiger partial charge in [0.15, 0.2) is 11.7 Å². The zero-order chi connectivity index (χ0) is 47.3. The molecule has 2 saturated heterocycles. The van der Waals surface area contributed by atoms with Crippen molar-refractivity contribution < 1.29 is 14.3 Å². The summed E-state index contributed by atoms with van der Waals surface area (Å²) in [5, 5.41) is 21.2. The normalized spacial score (nSPS) is 17.8. The summed E-state index contributed by atoms with van der Waals surface area (Å²) in [5.41, 5.74) is 13.7. The third-order valence-electron chi connectivity index (χ3n) is 14.7. The van der Waals surface area contributed by atoms with Gasteiger partial charge in [0.2, 0.25) is 0 Å². The number of piperazine rings is 1. The predicted octanol–water partition coefficient (Wildman–Crippen LogP) is 11.7. The number of piperidine rings is 1. The highest BCUT2D eigenvalue weighted by atomic mass is 35.5. The molecule has 11 rings (SSSR count). The van der Waals surface area contributed by atoms with E-state index in [1.807, 2.05) is 31.2 Å². The lowest BCUT2D eigenvalue weighted by molar-refractivity contribution is 0.0696. The Balaban J connectivity index is 0.735. The number of carboxylic acids is 1.